The first-order chi connectivity index (χ1) is 10.0. The third kappa shape index (κ3) is 6.01. The number of rotatable bonds is 3. The molecule has 7 nitrogen and oxygen atoms in total. The van der Waals surface area contributed by atoms with Crippen LogP contribution >= 0.6 is 0 Å². The van der Waals surface area contributed by atoms with E-state index in [1.807, 2.05) is 6.92 Å². The molecule has 0 saturated carbocycles. The van der Waals surface area contributed by atoms with Gasteiger partial charge in [0.15, 0.2) is 0 Å². The van der Waals surface area contributed by atoms with Crippen molar-refractivity contribution in [1.29, 1.82) is 0 Å². The van der Waals surface area contributed by atoms with Gasteiger partial charge in [-0.3, -0.25) is 25.2 Å². The maximum absolute atomic E-state index is 11.9. The van der Waals surface area contributed by atoms with Crippen molar-refractivity contribution in [3.05, 3.63) is 0 Å². The Labute approximate surface area is 131 Å². The molecule has 0 aromatic carbocycles. The monoisotopic (exact) mass is 312 g/mol. The van der Waals surface area contributed by atoms with E-state index in [-0.39, 0.29) is 23.0 Å². The van der Waals surface area contributed by atoms with Crippen LogP contribution in [0, 0.1) is 0 Å². The van der Waals surface area contributed by atoms with Crippen molar-refractivity contribution in [3.8, 4) is 0 Å². The number of carbonyl (C=O) groups is 3. The molecule has 0 atom stereocenters. The lowest BCUT2D eigenvalue weighted by atomic mass is 9.79. The molecule has 0 spiro atoms. The summed E-state index contributed by atoms with van der Waals surface area (Å²) in [6, 6.07) is -0.0872. The lowest BCUT2D eigenvalue weighted by Crippen LogP contribution is -2.63. The first-order valence-electron chi connectivity index (χ1n) is 7.74. The van der Waals surface area contributed by atoms with E-state index in [1.165, 1.54) is 0 Å². The van der Waals surface area contributed by atoms with Gasteiger partial charge in [0, 0.05) is 23.5 Å². The van der Waals surface area contributed by atoms with E-state index in [9.17, 15) is 14.4 Å². The van der Waals surface area contributed by atoms with Crippen LogP contribution in [-0.2, 0) is 14.4 Å². The van der Waals surface area contributed by atoms with Crippen LogP contribution in [0.3, 0.4) is 0 Å². The number of amides is 3. The molecular formula is C15H28N4O3. The Bertz CT molecular complexity index is 430. The van der Waals surface area contributed by atoms with Crippen LogP contribution in [0.4, 0.5) is 0 Å². The Morgan fingerprint density at radius 2 is 1.55 bits per heavy atom. The van der Waals surface area contributed by atoms with Crippen LogP contribution in [-0.4, -0.2) is 34.8 Å². The SMILES string of the molecule is CCCC(=O)NNC(=O)C(=O)NC1CC(C)(C)NC(C)(C)C1. The van der Waals surface area contributed by atoms with Gasteiger partial charge in [-0.05, 0) is 47.0 Å². The fourth-order valence-corrected chi connectivity index (χ4v) is 3.15. The van der Waals surface area contributed by atoms with Crippen molar-refractivity contribution in [2.75, 3.05) is 0 Å². The van der Waals surface area contributed by atoms with Crippen LogP contribution in [0.15, 0.2) is 0 Å². The lowest BCUT2D eigenvalue weighted by Gasteiger charge is -2.46. The van der Waals surface area contributed by atoms with Crippen molar-refractivity contribution < 1.29 is 14.4 Å². The summed E-state index contributed by atoms with van der Waals surface area (Å²) in [5, 5.41) is 6.25. The molecule has 0 bridgehead atoms. The zero-order valence-electron chi connectivity index (χ0n) is 14.1. The fourth-order valence-electron chi connectivity index (χ4n) is 3.15. The van der Waals surface area contributed by atoms with E-state index in [4.69, 9.17) is 0 Å². The van der Waals surface area contributed by atoms with Gasteiger partial charge in [-0.1, -0.05) is 6.92 Å². The van der Waals surface area contributed by atoms with Crippen LogP contribution in [0.5, 0.6) is 0 Å². The zero-order chi connectivity index (χ0) is 17.0. The molecule has 1 aliphatic rings. The molecule has 0 radical (unpaired) electrons. The molecule has 1 heterocycles. The summed E-state index contributed by atoms with van der Waals surface area (Å²) in [7, 11) is 0. The topological polar surface area (TPSA) is 99.3 Å². The van der Waals surface area contributed by atoms with Crippen molar-refractivity contribution in [2.24, 2.45) is 0 Å². The van der Waals surface area contributed by atoms with Gasteiger partial charge in [0.1, 0.15) is 0 Å². The van der Waals surface area contributed by atoms with Gasteiger partial charge in [-0.25, -0.2) is 0 Å². The minimum atomic E-state index is -0.849. The normalized spacial score (nSPS) is 20.0. The van der Waals surface area contributed by atoms with Crippen LogP contribution in [0.2, 0.25) is 0 Å². The average Bonchev–Trinajstić information content (AvgIpc) is 2.32. The molecule has 3 amide bonds. The number of carbonyl (C=O) groups excluding carboxylic acids is 3. The Kier molecular flexibility index (Phi) is 5.93. The standard InChI is InChI=1S/C15H28N4O3/c1-6-7-11(20)17-18-13(22)12(21)16-10-8-14(2,3)19-15(4,5)9-10/h10,19H,6-9H2,1-5H3,(H,16,21)(H,17,20)(H,18,22). The second-order valence-electron chi connectivity index (χ2n) is 7.22. The van der Waals surface area contributed by atoms with Crippen LogP contribution in [0.1, 0.15) is 60.3 Å². The molecule has 0 aromatic heterocycles. The highest BCUT2D eigenvalue weighted by molar-refractivity contribution is 6.35. The number of hydrazine groups is 1. The third-order valence-corrected chi connectivity index (χ3v) is 3.52. The van der Waals surface area contributed by atoms with Gasteiger partial charge in [-0.15, -0.1) is 0 Å². The maximum atomic E-state index is 11.9. The predicted molar refractivity (Wildman–Crippen MR) is 83.7 cm³/mol. The zero-order valence-corrected chi connectivity index (χ0v) is 14.1. The van der Waals surface area contributed by atoms with Gasteiger partial charge in [-0.2, -0.15) is 0 Å². The summed E-state index contributed by atoms with van der Waals surface area (Å²) in [5.41, 5.74) is 4.12. The van der Waals surface area contributed by atoms with Crippen molar-refractivity contribution in [3.63, 3.8) is 0 Å². The summed E-state index contributed by atoms with van der Waals surface area (Å²) in [5.74, 6) is -1.89. The van der Waals surface area contributed by atoms with E-state index in [0.29, 0.717) is 12.8 Å². The average molecular weight is 312 g/mol. The highest BCUT2D eigenvalue weighted by Gasteiger charge is 2.38. The third-order valence-electron chi connectivity index (χ3n) is 3.52. The van der Waals surface area contributed by atoms with E-state index < -0.39 is 11.8 Å². The molecule has 7 heteroatoms. The number of hydrogen-bond acceptors (Lipinski definition) is 4. The molecule has 1 fully saturated rings. The van der Waals surface area contributed by atoms with Gasteiger partial charge in [0.25, 0.3) is 0 Å². The van der Waals surface area contributed by atoms with Gasteiger partial charge in [0.2, 0.25) is 5.91 Å². The maximum Gasteiger partial charge on any atom is 0.327 e. The summed E-state index contributed by atoms with van der Waals surface area (Å²) < 4.78 is 0. The summed E-state index contributed by atoms with van der Waals surface area (Å²) in [6.07, 6.45) is 2.45. The van der Waals surface area contributed by atoms with E-state index in [0.717, 1.165) is 12.8 Å². The van der Waals surface area contributed by atoms with E-state index in [1.54, 1.807) is 0 Å². The van der Waals surface area contributed by atoms with Crippen LogP contribution in [0.25, 0.3) is 0 Å². The Morgan fingerprint density at radius 3 is 2.05 bits per heavy atom. The minimum Gasteiger partial charge on any atom is -0.345 e. The number of nitrogens with one attached hydrogen (secondary N) is 4. The Morgan fingerprint density at radius 1 is 1.00 bits per heavy atom. The molecule has 1 rings (SSSR count). The van der Waals surface area contributed by atoms with E-state index in [2.05, 4.69) is 49.2 Å². The predicted octanol–water partition coefficient (Wildman–Crippen LogP) is 0.359. The molecule has 22 heavy (non-hydrogen) atoms. The smallest absolute Gasteiger partial charge is 0.327 e. The summed E-state index contributed by atoms with van der Waals surface area (Å²) in [4.78, 5) is 34.9. The fraction of sp³-hybridized carbons (Fsp3) is 0.800. The van der Waals surface area contributed by atoms with Gasteiger partial charge in [0.05, 0.1) is 0 Å². The van der Waals surface area contributed by atoms with Gasteiger partial charge >= 0.3 is 11.8 Å². The molecule has 126 valence electrons. The quantitative estimate of drug-likeness (QED) is 0.446. The van der Waals surface area contributed by atoms with Crippen molar-refractivity contribution in [1.82, 2.24) is 21.5 Å². The first-order valence-corrected chi connectivity index (χ1v) is 7.74. The van der Waals surface area contributed by atoms with Gasteiger partial charge < -0.3 is 10.6 Å². The molecule has 4 N–H and O–H groups in total. The summed E-state index contributed by atoms with van der Waals surface area (Å²) >= 11 is 0. The van der Waals surface area contributed by atoms with E-state index >= 15 is 0 Å². The van der Waals surface area contributed by atoms with Crippen molar-refractivity contribution in [2.45, 2.75) is 77.4 Å². The molecule has 1 aliphatic heterocycles. The molecular weight excluding hydrogens is 284 g/mol. The molecule has 0 unspecified atom stereocenters. The second kappa shape index (κ2) is 7.09. The Hall–Kier alpha value is -1.63. The second-order valence-corrected chi connectivity index (χ2v) is 7.22. The largest absolute Gasteiger partial charge is 0.345 e. The lowest BCUT2D eigenvalue weighted by molar-refractivity contribution is -0.141. The number of piperidine rings is 1. The minimum absolute atomic E-state index is 0.0872. The van der Waals surface area contributed by atoms with Crippen molar-refractivity contribution >= 4 is 17.7 Å². The highest BCUT2D eigenvalue weighted by atomic mass is 16.2. The highest BCUT2D eigenvalue weighted by Crippen LogP contribution is 2.28. The van der Waals surface area contributed by atoms with Crippen LogP contribution < -0.4 is 21.5 Å². The summed E-state index contributed by atoms with van der Waals surface area (Å²) in [6.45, 7) is 10.1. The first kappa shape index (κ1) is 18.4. The number of hydrogen-bond donors (Lipinski definition) is 4. The molecule has 1 saturated heterocycles. The Balaban J connectivity index is 2.50. The molecule has 0 aliphatic carbocycles. The molecule has 0 aromatic rings.